The first-order valence-corrected chi connectivity index (χ1v) is 7.97. The van der Waals surface area contributed by atoms with Crippen LogP contribution in [-0.4, -0.2) is 22.1 Å². The lowest BCUT2D eigenvalue weighted by Crippen LogP contribution is -2.12. The Hall–Kier alpha value is -1.92. The van der Waals surface area contributed by atoms with Crippen LogP contribution in [0.3, 0.4) is 0 Å². The van der Waals surface area contributed by atoms with Crippen LogP contribution in [0.15, 0.2) is 47.5 Å². The van der Waals surface area contributed by atoms with Crippen molar-refractivity contribution in [1.29, 1.82) is 0 Å². The van der Waals surface area contributed by atoms with Gasteiger partial charge < -0.3 is 0 Å². The van der Waals surface area contributed by atoms with Crippen molar-refractivity contribution in [3.63, 3.8) is 0 Å². The molecule has 0 fully saturated rings. The van der Waals surface area contributed by atoms with E-state index in [1.807, 2.05) is 18.4 Å². The highest BCUT2D eigenvalue weighted by atomic mass is 32.2. The summed E-state index contributed by atoms with van der Waals surface area (Å²) in [6.45, 7) is 0. The summed E-state index contributed by atoms with van der Waals surface area (Å²) in [7, 11) is 0. The van der Waals surface area contributed by atoms with Gasteiger partial charge in [-0.2, -0.15) is 0 Å². The molecule has 4 nitrogen and oxygen atoms in total. The molecule has 0 aliphatic heterocycles. The number of fused-ring (bicyclic) bond motifs is 1. The minimum absolute atomic E-state index is 0.241. The van der Waals surface area contributed by atoms with Crippen molar-refractivity contribution < 1.29 is 4.79 Å². The van der Waals surface area contributed by atoms with E-state index in [4.69, 9.17) is 0 Å². The van der Waals surface area contributed by atoms with Gasteiger partial charge in [0.05, 0.1) is 10.2 Å². The van der Waals surface area contributed by atoms with Gasteiger partial charge in [-0.25, -0.2) is 4.98 Å². The van der Waals surface area contributed by atoms with Gasteiger partial charge in [-0.3, -0.25) is 15.1 Å². The second-order valence-electron chi connectivity index (χ2n) is 4.02. The zero-order valence-corrected chi connectivity index (χ0v) is 12.3. The van der Waals surface area contributed by atoms with Crippen LogP contribution < -0.4 is 5.32 Å². The Kier molecular flexibility index (Phi) is 3.66. The molecule has 1 amide bonds. The zero-order chi connectivity index (χ0) is 13.9. The summed E-state index contributed by atoms with van der Waals surface area (Å²) >= 11 is 3.15. The van der Waals surface area contributed by atoms with Crippen molar-refractivity contribution in [1.82, 2.24) is 9.97 Å². The Morgan fingerprint density at radius 3 is 2.95 bits per heavy atom. The number of hydrogen-bond acceptors (Lipinski definition) is 5. The lowest BCUT2D eigenvalue weighted by atomic mass is 10.3. The number of aromatic nitrogens is 2. The Balaban J connectivity index is 1.86. The maximum atomic E-state index is 12.0. The molecule has 1 aromatic carbocycles. The van der Waals surface area contributed by atoms with E-state index in [9.17, 15) is 4.79 Å². The Morgan fingerprint density at radius 2 is 2.20 bits per heavy atom. The summed E-state index contributed by atoms with van der Waals surface area (Å²) in [6.07, 6.45) is 3.63. The van der Waals surface area contributed by atoms with Crippen molar-refractivity contribution in [3.8, 4) is 0 Å². The molecular formula is C14H11N3OS2. The summed E-state index contributed by atoms with van der Waals surface area (Å²) in [5.74, 6) is -0.241. The summed E-state index contributed by atoms with van der Waals surface area (Å²) in [4.78, 5) is 21.6. The minimum atomic E-state index is -0.241. The molecule has 100 valence electrons. The molecule has 0 aliphatic carbocycles. The zero-order valence-electron chi connectivity index (χ0n) is 10.7. The van der Waals surface area contributed by atoms with E-state index in [2.05, 4.69) is 21.4 Å². The quantitative estimate of drug-likeness (QED) is 0.750. The van der Waals surface area contributed by atoms with E-state index < -0.39 is 0 Å². The second kappa shape index (κ2) is 5.60. The van der Waals surface area contributed by atoms with Gasteiger partial charge in [0.1, 0.15) is 5.69 Å². The second-order valence-corrected chi connectivity index (χ2v) is 5.93. The normalized spacial score (nSPS) is 10.7. The van der Waals surface area contributed by atoms with Crippen molar-refractivity contribution in [2.75, 3.05) is 11.6 Å². The highest BCUT2D eigenvalue weighted by molar-refractivity contribution is 7.98. The van der Waals surface area contributed by atoms with Gasteiger partial charge in [-0.1, -0.05) is 17.4 Å². The van der Waals surface area contributed by atoms with E-state index in [0.29, 0.717) is 10.8 Å². The van der Waals surface area contributed by atoms with Gasteiger partial charge in [0, 0.05) is 11.1 Å². The predicted octanol–water partition coefficient (Wildman–Crippen LogP) is 3.67. The molecule has 0 saturated heterocycles. The first-order valence-electron chi connectivity index (χ1n) is 5.93. The molecule has 0 saturated carbocycles. The van der Waals surface area contributed by atoms with Crippen molar-refractivity contribution in [3.05, 3.63) is 48.3 Å². The summed E-state index contributed by atoms with van der Waals surface area (Å²) in [6, 6.07) is 11.3. The number of amides is 1. The molecule has 2 aromatic heterocycles. The van der Waals surface area contributed by atoms with Crippen LogP contribution in [0.2, 0.25) is 0 Å². The summed E-state index contributed by atoms with van der Waals surface area (Å²) < 4.78 is 1.06. The van der Waals surface area contributed by atoms with Crippen LogP contribution in [-0.2, 0) is 0 Å². The third kappa shape index (κ3) is 2.66. The van der Waals surface area contributed by atoms with Crippen molar-refractivity contribution in [2.45, 2.75) is 4.90 Å². The Labute approximate surface area is 124 Å². The molecule has 3 rings (SSSR count). The fourth-order valence-corrected chi connectivity index (χ4v) is 3.16. The van der Waals surface area contributed by atoms with E-state index in [1.54, 1.807) is 36.2 Å². The van der Waals surface area contributed by atoms with Gasteiger partial charge in [-0.05, 0) is 36.6 Å². The average molecular weight is 301 g/mol. The van der Waals surface area contributed by atoms with E-state index in [1.165, 1.54) is 16.2 Å². The number of anilines is 1. The lowest BCUT2D eigenvalue weighted by molar-refractivity contribution is 0.102. The number of thiazole rings is 1. The number of rotatable bonds is 3. The highest BCUT2D eigenvalue weighted by Gasteiger charge is 2.10. The Morgan fingerprint density at radius 1 is 1.30 bits per heavy atom. The van der Waals surface area contributed by atoms with Gasteiger partial charge in [-0.15, -0.1) is 11.8 Å². The topological polar surface area (TPSA) is 54.9 Å². The number of carbonyl (C=O) groups excluding carboxylic acids is 1. The molecule has 20 heavy (non-hydrogen) atoms. The molecule has 0 aliphatic rings. The maximum absolute atomic E-state index is 12.0. The highest BCUT2D eigenvalue weighted by Crippen LogP contribution is 2.29. The third-order valence-corrected chi connectivity index (χ3v) is 4.37. The third-order valence-electron chi connectivity index (χ3n) is 2.71. The van der Waals surface area contributed by atoms with E-state index in [-0.39, 0.29) is 5.91 Å². The van der Waals surface area contributed by atoms with Crippen LogP contribution in [0, 0.1) is 0 Å². The van der Waals surface area contributed by atoms with Gasteiger partial charge >= 0.3 is 0 Å². The summed E-state index contributed by atoms with van der Waals surface area (Å²) in [5, 5.41) is 3.38. The predicted molar refractivity (Wildman–Crippen MR) is 83.6 cm³/mol. The van der Waals surface area contributed by atoms with Crippen LogP contribution >= 0.6 is 23.1 Å². The number of pyridine rings is 1. The molecule has 3 aromatic rings. The molecule has 0 spiro atoms. The molecule has 0 atom stereocenters. The average Bonchev–Trinajstić information content (AvgIpc) is 2.89. The van der Waals surface area contributed by atoms with E-state index in [0.717, 1.165) is 10.2 Å². The first kappa shape index (κ1) is 13.1. The number of nitrogens with zero attached hydrogens (tertiary/aromatic N) is 2. The van der Waals surface area contributed by atoms with Crippen LogP contribution in [0.25, 0.3) is 10.2 Å². The molecule has 2 heterocycles. The molecule has 6 heteroatoms. The smallest absolute Gasteiger partial charge is 0.276 e. The summed E-state index contributed by atoms with van der Waals surface area (Å²) in [5.41, 5.74) is 1.28. The standard InChI is InChI=1S/C14H11N3OS2/c1-19-9-5-6-10-12(8-9)20-14(16-10)17-13(18)11-4-2-3-7-15-11/h2-8H,1H3,(H,16,17,18). The lowest BCUT2D eigenvalue weighted by Gasteiger charge is -1.99. The fraction of sp³-hybridized carbons (Fsp3) is 0.0714. The maximum Gasteiger partial charge on any atom is 0.276 e. The van der Waals surface area contributed by atoms with Crippen LogP contribution in [0.5, 0.6) is 0 Å². The Bertz CT molecular complexity index is 755. The number of benzene rings is 1. The molecule has 0 bridgehead atoms. The first-order chi connectivity index (χ1) is 9.76. The SMILES string of the molecule is CSc1ccc2nc(NC(=O)c3ccccn3)sc2c1. The van der Waals surface area contributed by atoms with Crippen LogP contribution in [0.1, 0.15) is 10.5 Å². The molecule has 0 unspecified atom stereocenters. The molecular weight excluding hydrogens is 290 g/mol. The number of hydrogen-bond donors (Lipinski definition) is 1. The number of nitrogens with one attached hydrogen (secondary N) is 1. The monoisotopic (exact) mass is 301 g/mol. The van der Waals surface area contributed by atoms with Gasteiger partial charge in [0.15, 0.2) is 5.13 Å². The minimum Gasteiger partial charge on any atom is -0.296 e. The number of carbonyl (C=O) groups is 1. The molecule has 1 N–H and O–H groups in total. The number of thioether (sulfide) groups is 1. The van der Waals surface area contributed by atoms with Gasteiger partial charge in [0.25, 0.3) is 5.91 Å². The molecule has 0 radical (unpaired) electrons. The van der Waals surface area contributed by atoms with Crippen LogP contribution in [0.4, 0.5) is 5.13 Å². The van der Waals surface area contributed by atoms with Crippen molar-refractivity contribution >= 4 is 44.4 Å². The largest absolute Gasteiger partial charge is 0.296 e. The van der Waals surface area contributed by atoms with E-state index >= 15 is 0 Å². The fourth-order valence-electron chi connectivity index (χ4n) is 1.74. The van der Waals surface area contributed by atoms with Crippen molar-refractivity contribution in [2.24, 2.45) is 0 Å². The van der Waals surface area contributed by atoms with Gasteiger partial charge in [0.2, 0.25) is 0 Å².